The fourth-order valence-corrected chi connectivity index (χ4v) is 5.52. The highest BCUT2D eigenvalue weighted by Gasteiger charge is 2.30. The third-order valence-corrected chi connectivity index (χ3v) is 7.17. The van der Waals surface area contributed by atoms with Crippen LogP contribution in [0.25, 0.3) is 55.6 Å². The second kappa shape index (κ2) is 11.2. The second-order valence-corrected chi connectivity index (χ2v) is 9.55. The molecule has 0 aliphatic carbocycles. The van der Waals surface area contributed by atoms with E-state index in [1.807, 2.05) is 78.9 Å². The van der Waals surface area contributed by atoms with E-state index in [0.717, 1.165) is 55.6 Å². The van der Waals surface area contributed by atoms with Crippen molar-refractivity contribution in [3.8, 4) is 55.6 Å². The third-order valence-electron chi connectivity index (χ3n) is 7.17. The van der Waals surface area contributed by atoms with E-state index in [9.17, 15) is 4.79 Å². The van der Waals surface area contributed by atoms with Crippen LogP contribution >= 0.6 is 0 Å². The molecule has 0 aliphatic rings. The van der Waals surface area contributed by atoms with Gasteiger partial charge in [0.2, 0.25) is 0 Å². The molecular weight excluding hydrogens is 488 g/mol. The minimum Gasteiger partial charge on any atom is -0.290 e. The number of carbonyl (C=O) groups excluding carboxylic acids is 1. The van der Waals surface area contributed by atoms with Crippen molar-refractivity contribution in [3.05, 3.63) is 157 Å². The van der Waals surface area contributed by atoms with Gasteiger partial charge in [-0.15, -0.1) is 0 Å². The molecule has 0 radical (unpaired) electrons. The van der Waals surface area contributed by atoms with Crippen LogP contribution in [0.3, 0.4) is 0 Å². The van der Waals surface area contributed by atoms with Crippen LogP contribution in [-0.4, -0.2) is 5.91 Å². The van der Waals surface area contributed by atoms with Crippen LogP contribution in [0.1, 0.15) is 10.4 Å². The average Bonchev–Trinajstić information content (AvgIpc) is 3.05. The van der Waals surface area contributed by atoms with E-state index in [0.29, 0.717) is 5.56 Å². The van der Waals surface area contributed by atoms with E-state index in [1.165, 1.54) is 0 Å². The minimum atomic E-state index is -0.341. The Morgan fingerprint density at radius 3 is 0.850 bits per heavy atom. The SMILES string of the molecule is NNC(=O)c1c(-c2ccccc2)c(-c2ccccc2)c(-c2ccccc2)c(-c2ccccc2)c1-c1ccccc1. The summed E-state index contributed by atoms with van der Waals surface area (Å²) in [7, 11) is 0. The topological polar surface area (TPSA) is 55.1 Å². The van der Waals surface area contributed by atoms with E-state index >= 15 is 0 Å². The molecule has 0 saturated heterocycles. The molecule has 0 saturated carbocycles. The fraction of sp³-hybridized carbons (Fsp3) is 0. The average molecular weight is 517 g/mol. The summed E-state index contributed by atoms with van der Waals surface area (Å²) in [4.78, 5) is 14.0. The van der Waals surface area contributed by atoms with Crippen LogP contribution < -0.4 is 11.3 Å². The molecule has 3 N–H and O–H groups in total. The number of carbonyl (C=O) groups is 1. The summed E-state index contributed by atoms with van der Waals surface area (Å²) in [5.74, 6) is 5.58. The summed E-state index contributed by atoms with van der Waals surface area (Å²) < 4.78 is 0. The Morgan fingerprint density at radius 1 is 0.375 bits per heavy atom. The molecule has 0 fully saturated rings. The van der Waals surface area contributed by atoms with Crippen LogP contribution in [0.5, 0.6) is 0 Å². The van der Waals surface area contributed by atoms with E-state index in [2.05, 4.69) is 78.2 Å². The molecule has 0 aromatic heterocycles. The van der Waals surface area contributed by atoms with Gasteiger partial charge in [0.1, 0.15) is 0 Å². The van der Waals surface area contributed by atoms with Crippen molar-refractivity contribution in [2.75, 3.05) is 0 Å². The van der Waals surface area contributed by atoms with Crippen molar-refractivity contribution in [2.45, 2.75) is 0 Å². The summed E-state index contributed by atoms with van der Waals surface area (Å²) in [5.41, 5.74) is 12.7. The van der Waals surface area contributed by atoms with Crippen molar-refractivity contribution < 1.29 is 4.79 Å². The molecular formula is C37H28N2O. The molecule has 0 aliphatic heterocycles. The molecule has 3 nitrogen and oxygen atoms in total. The van der Waals surface area contributed by atoms with Gasteiger partial charge in [0.05, 0.1) is 5.56 Å². The highest BCUT2D eigenvalue weighted by molar-refractivity contribution is 6.18. The molecule has 6 aromatic carbocycles. The lowest BCUT2D eigenvalue weighted by molar-refractivity contribution is 0.0955. The van der Waals surface area contributed by atoms with E-state index in [1.54, 1.807) is 0 Å². The van der Waals surface area contributed by atoms with Crippen molar-refractivity contribution >= 4 is 5.91 Å². The molecule has 1 amide bonds. The third kappa shape index (κ3) is 4.60. The van der Waals surface area contributed by atoms with E-state index in [4.69, 9.17) is 5.84 Å². The zero-order valence-electron chi connectivity index (χ0n) is 21.9. The number of hydrogen-bond donors (Lipinski definition) is 2. The predicted octanol–water partition coefficient (Wildman–Crippen LogP) is 8.63. The Labute approximate surface area is 234 Å². The number of hydrazine groups is 1. The summed E-state index contributed by atoms with van der Waals surface area (Å²) in [6.07, 6.45) is 0. The fourth-order valence-electron chi connectivity index (χ4n) is 5.52. The molecule has 0 unspecified atom stereocenters. The van der Waals surface area contributed by atoms with Gasteiger partial charge in [0.25, 0.3) is 5.91 Å². The molecule has 0 heterocycles. The Kier molecular flexibility index (Phi) is 7.04. The van der Waals surface area contributed by atoms with Gasteiger partial charge in [-0.25, -0.2) is 5.84 Å². The molecule has 0 spiro atoms. The molecule has 6 aromatic rings. The second-order valence-electron chi connectivity index (χ2n) is 9.55. The lowest BCUT2D eigenvalue weighted by Gasteiger charge is -2.27. The van der Waals surface area contributed by atoms with Gasteiger partial charge in [-0.3, -0.25) is 10.2 Å². The van der Waals surface area contributed by atoms with E-state index in [-0.39, 0.29) is 5.91 Å². The number of benzene rings is 6. The van der Waals surface area contributed by atoms with Crippen LogP contribution in [0.2, 0.25) is 0 Å². The minimum absolute atomic E-state index is 0.341. The summed E-state index contributed by atoms with van der Waals surface area (Å²) in [6, 6.07) is 51.2. The maximum absolute atomic E-state index is 14.0. The van der Waals surface area contributed by atoms with Crippen LogP contribution in [0, 0.1) is 0 Å². The van der Waals surface area contributed by atoms with Crippen molar-refractivity contribution in [3.63, 3.8) is 0 Å². The summed E-state index contributed by atoms with van der Waals surface area (Å²) >= 11 is 0. The number of hydrogen-bond acceptors (Lipinski definition) is 2. The molecule has 40 heavy (non-hydrogen) atoms. The van der Waals surface area contributed by atoms with E-state index < -0.39 is 0 Å². The van der Waals surface area contributed by atoms with Gasteiger partial charge < -0.3 is 0 Å². The monoisotopic (exact) mass is 516 g/mol. The van der Waals surface area contributed by atoms with Gasteiger partial charge in [0.15, 0.2) is 0 Å². The quantitative estimate of drug-likeness (QED) is 0.132. The molecule has 0 atom stereocenters. The Bertz CT molecular complexity index is 1650. The molecule has 6 rings (SSSR count). The lowest BCUT2D eigenvalue weighted by atomic mass is 9.75. The number of amides is 1. The van der Waals surface area contributed by atoms with Gasteiger partial charge in [-0.2, -0.15) is 0 Å². The van der Waals surface area contributed by atoms with Crippen molar-refractivity contribution in [1.82, 2.24) is 5.43 Å². The maximum atomic E-state index is 14.0. The standard InChI is InChI=1S/C37H28N2O/c38-39-37(40)36-34(29-22-12-4-13-23-29)32(27-18-8-2-9-19-27)31(26-16-6-1-7-17-26)33(28-20-10-3-11-21-28)35(36)30-24-14-5-15-25-30/h1-25H,38H2,(H,39,40). The van der Waals surface area contributed by atoms with Gasteiger partial charge in [-0.1, -0.05) is 152 Å². The van der Waals surface area contributed by atoms with Crippen molar-refractivity contribution in [2.24, 2.45) is 5.84 Å². The lowest BCUT2D eigenvalue weighted by Crippen LogP contribution is -2.31. The van der Waals surface area contributed by atoms with Crippen LogP contribution in [-0.2, 0) is 0 Å². The van der Waals surface area contributed by atoms with Crippen molar-refractivity contribution in [1.29, 1.82) is 0 Å². The zero-order chi connectivity index (χ0) is 27.3. The van der Waals surface area contributed by atoms with Gasteiger partial charge in [-0.05, 0) is 44.5 Å². The van der Waals surface area contributed by atoms with Crippen LogP contribution in [0.15, 0.2) is 152 Å². The van der Waals surface area contributed by atoms with Crippen LogP contribution in [0.4, 0.5) is 0 Å². The largest absolute Gasteiger partial charge is 0.290 e. The first-order valence-corrected chi connectivity index (χ1v) is 13.3. The maximum Gasteiger partial charge on any atom is 0.266 e. The highest BCUT2D eigenvalue weighted by Crippen LogP contribution is 2.52. The zero-order valence-corrected chi connectivity index (χ0v) is 21.9. The first kappa shape index (κ1) is 25.1. The summed E-state index contributed by atoms with van der Waals surface area (Å²) in [5, 5.41) is 0. The molecule has 192 valence electrons. The first-order valence-electron chi connectivity index (χ1n) is 13.3. The first-order chi connectivity index (χ1) is 19.8. The molecule has 3 heteroatoms. The van der Waals surface area contributed by atoms with Gasteiger partial charge in [0, 0.05) is 11.1 Å². The highest BCUT2D eigenvalue weighted by atomic mass is 16.2. The summed E-state index contributed by atoms with van der Waals surface area (Å²) in [6.45, 7) is 0. The Hall–Kier alpha value is -5.25. The Balaban J connectivity index is 1.95. The molecule has 0 bridgehead atoms. The number of nitrogens with two attached hydrogens (primary N) is 1. The van der Waals surface area contributed by atoms with Gasteiger partial charge >= 0.3 is 0 Å². The normalized spacial score (nSPS) is 10.7. The number of rotatable bonds is 6. The number of nitrogens with one attached hydrogen (secondary N) is 1. The smallest absolute Gasteiger partial charge is 0.266 e. The predicted molar refractivity (Wildman–Crippen MR) is 165 cm³/mol. The number of nitrogen functional groups attached to an aromatic ring is 1. The Morgan fingerprint density at radius 2 is 0.600 bits per heavy atom.